The Bertz CT molecular complexity index is 1130. The molecule has 0 aliphatic carbocycles. The van der Waals surface area contributed by atoms with E-state index >= 15 is 0 Å². The van der Waals surface area contributed by atoms with Gasteiger partial charge in [-0.2, -0.15) is 5.10 Å². The van der Waals surface area contributed by atoms with Gasteiger partial charge in [0.15, 0.2) is 5.01 Å². The van der Waals surface area contributed by atoms with E-state index in [4.69, 9.17) is 0 Å². The molecule has 0 unspecified atom stereocenters. The first-order chi connectivity index (χ1) is 13.0. The molecule has 136 valence electrons. The highest BCUT2D eigenvalue weighted by molar-refractivity contribution is 8.14. The van der Waals surface area contributed by atoms with Gasteiger partial charge in [-0.15, -0.1) is 10.2 Å². The molecule has 4 rings (SSSR count). The van der Waals surface area contributed by atoms with E-state index in [1.54, 1.807) is 36.4 Å². The molecule has 27 heavy (non-hydrogen) atoms. The summed E-state index contributed by atoms with van der Waals surface area (Å²) in [4.78, 5) is 12.7. The van der Waals surface area contributed by atoms with Crippen molar-refractivity contribution < 1.29 is 18.0 Å². The monoisotopic (exact) mass is 406 g/mol. The van der Waals surface area contributed by atoms with Crippen LogP contribution in [0.2, 0.25) is 0 Å². The number of alkyl halides is 2. The summed E-state index contributed by atoms with van der Waals surface area (Å²) in [5, 5.41) is 10.7. The number of benzene rings is 2. The van der Waals surface area contributed by atoms with Gasteiger partial charge in [0, 0.05) is 10.5 Å². The zero-order chi connectivity index (χ0) is 19.0. The molecular weight excluding hydrogens is 397 g/mol. The minimum Gasteiger partial charge on any atom is -0.281 e. The number of thioether (sulfide) groups is 1. The number of halogens is 3. The molecule has 0 bridgehead atoms. The maximum Gasteiger partial charge on any atom is 0.291 e. The van der Waals surface area contributed by atoms with Crippen molar-refractivity contribution in [3.05, 3.63) is 65.0 Å². The van der Waals surface area contributed by atoms with Crippen molar-refractivity contribution in [2.45, 2.75) is 11.3 Å². The molecule has 0 aliphatic heterocycles. The third kappa shape index (κ3) is 3.45. The maximum absolute atomic E-state index is 14.4. The van der Waals surface area contributed by atoms with Crippen LogP contribution in [0.15, 0.2) is 53.6 Å². The molecule has 2 aromatic heterocycles. The molecule has 0 saturated heterocycles. The highest BCUT2D eigenvalue weighted by atomic mass is 32.2. The van der Waals surface area contributed by atoms with Crippen molar-refractivity contribution in [2.75, 3.05) is 0 Å². The van der Waals surface area contributed by atoms with Gasteiger partial charge < -0.3 is 0 Å². The number of rotatable bonds is 4. The molecule has 5 nitrogen and oxygen atoms in total. The fraction of sp³-hybridized carbons (Fsp3) is 0.0588. The predicted molar refractivity (Wildman–Crippen MR) is 96.1 cm³/mol. The first-order valence-corrected chi connectivity index (χ1v) is 9.22. The van der Waals surface area contributed by atoms with Crippen molar-refractivity contribution in [3.8, 4) is 5.13 Å². The molecule has 0 aliphatic rings. The van der Waals surface area contributed by atoms with Gasteiger partial charge >= 0.3 is 0 Å². The Morgan fingerprint density at radius 1 is 1.15 bits per heavy atom. The van der Waals surface area contributed by atoms with Gasteiger partial charge in [0.2, 0.25) is 10.2 Å². The largest absolute Gasteiger partial charge is 0.291 e. The van der Waals surface area contributed by atoms with Gasteiger partial charge in [-0.3, -0.25) is 4.79 Å². The molecule has 0 N–H and O–H groups in total. The van der Waals surface area contributed by atoms with Gasteiger partial charge in [-0.1, -0.05) is 41.7 Å². The lowest BCUT2D eigenvalue weighted by molar-refractivity contribution is 0.108. The number of hydrogen-bond acceptors (Lipinski definition) is 6. The second-order valence-corrected chi connectivity index (χ2v) is 7.41. The molecule has 4 aromatic rings. The smallest absolute Gasteiger partial charge is 0.281 e. The lowest BCUT2D eigenvalue weighted by Crippen LogP contribution is -1.96. The summed E-state index contributed by atoms with van der Waals surface area (Å²) in [7, 11) is 0. The van der Waals surface area contributed by atoms with E-state index in [0.717, 1.165) is 11.8 Å². The lowest BCUT2D eigenvalue weighted by atomic mass is 10.2. The van der Waals surface area contributed by atoms with Crippen LogP contribution in [0.4, 0.5) is 13.2 Å². The van der Waals surface area contributed by atoms with Crippen molar-refractivity contribution in [1.82, 2.24) is 20.0 Å². The fourth-order valence-electron chi connectivity index (χ4n) is 2.41. The summed E-state index contributed by atoms with van der Waals surface area (Å²) in [6.07, 6.45) is -1.47. The summed E-state index contributed by atoms with van der Waals surface area (Å²) >= 11 is 1.54. The molecule has 0 atom stereocenters. The van der Waals surface area contributed by atoms with Crippen LogP contribution in [0.3, 0.4) is 0 Å². The lowest BCUT2D eigenvalue weighted by Gasteiger charge is -2.04. The van der Waals surface area contributed by atoms with Crippen molar-refractivity contribution in [3.63, 3.8) is 0 Å². The number of aromatic nitrogens is 4. The van der Waals surface area contributed by atoms with Crippen LogP contribution in [0.5, 0.6) is 0 Å². The van der Waals surface area contributed by atoms with Crippen LogP contribution in [0, 0.1) is 5.82 Å². The van der Waals surface area contributed by atoms with Crippen molar-refractivity contribution >= 4 is 39.1 Å². The number of carbonyl (C=O) groups is 1. The standard InChI is InChI=1S/C17H9F3N4OS2/c18-12-6-10(26-16(25)9-4-2-1-3-5-9)7-13-11(12)8-21-24(13)17-23-22-15(27-17)14(19)20/h1-8,14H. The van der Waals surface area contributed by atoms with E-state index in [-0.39, 0.29) is 15.6 Å². The third-order valence-corrected chi connectivity index (χ3v) is 5.43. The molecule has 2 aromatic carbocycles. The normalized spacial score (nSPS) is 11.4. The topological polar surface area (TPSA) is 60.7 Å². The average molecular weight is 406 g/mol. The van der Waals surface area contributed by atoms with Crippen LogP contribution in [0.1, 0.15) is 21.8 Å². The van der Waals surface area contributed by atoms with Crippen LogP contribution in [-0.2, 0) is 0 Å². The molecule has 0 spiro atoms. The van der Waals surface area contributed by atoms with E-state index in [1.807, 2.05) is 0 Å². The van der Waals surface area contributed by atoms with Gasteiger partial charge in [0.05, 0.1) is 17.1 Å². The van der Waals surface area contributed by atoms with E-state index < -0.39 is 17.3 Å². The highest BCUT2D eigenvalue weighted by Crippen LogP contribution is 2.31. The van der Waals surface area contributed by atoms with Gasteiger partial charge in [-0.25, -0.2) is 17.9 Å². The Labute approximate surface area is 158 Å². The van der Waals surface area contributed by atoms with E-state index in [9.17, 15) is 18.0 Å². The maximum atomic E-state index is 14.4. The van der Waals surface area contributed by atoms with Crippen LogP contribution < -0.4 is 0 Å². The van der Waals surface area contributed by atoms with Gasteiger partial charge in [0.1, 0.15) is 5.82 Å². The summed E-state index contributed by atoms with van der Waals surface area (Å²) < 4.78 is 41.2. The zero-order valence-electron chi connectivity index (χ0n) is 13.3. The number of fused-ring (bicyclic) bond motifs is 1. The third-order valence-electron chi connectivity index (χ3n) is 3.63. The molecule has 2 heterocycles. The van der Waals surface area contributed by atoms with E-state index in [0.29, 0.717) is 27.3 Å². The predicted octanol–water partition coefficient (Wildman–Crippen LogP) is 4.89. The Balaban J connectivity index is 1.72. The second kappa shape index (κ2) is 7.12. The van der Waals surface area contributed by atoms with E-state index in [1.165, 1.54) is 16.9 Å². The fourth-order valence-corrected chi connectivity index (χ4v) is 3.88. The van der Waals surface area contributed by atoms with E-state index in [2.05, 4.69) is 15.3 Å². The Hall–Kier alpha value is -2.72. The second-order valence-electron chi connectivity index (χ2n) is 5.37. The summed E-state index contributed by atoms with van der Waals surface area (Å²) in [6, 6.07) is 11.4. The van der Waals surface area contributed by atoms with Crippen molar-refractivity contribution in [1.29, 1.82) is 0 Å². The highest BCUT2D eigenvalue weighted by Gasteiger charge is 2.19. The number of hydrogen-bond donors (Lipinski definition) is 0. The molecule has 10 heteroatoms. The van der Waals surface area contributed by atoms with Gasteiger partial charge in [0.25, 0.3) is 6.43 Å². The first kappa shape index (κ1) is 17.7. The number of carbonyl (C=O) groups excluding carboxylic acids is 1. The zero-order valence-corrected chi connectivity index (χ0v) is 15.0. The SMILES string of the molecule is O=C(Sc1cc(F)c2cnn(-c3nnc(C(F)F)s3)c2c1)c1ccccc1. The van der Waals surface area contributed by atoms with Crippen LogP contribution in [0.25, 0.3) is 16.0 Å². The number of nitrogens with zero attached hydrogens (tertiary/aromatic N) is 4. The quantitative estimate of drug-likeness (QED) is 0.452. The summed E-state index contributed by atoms with van der Waals surface area (Å²) in [6.45, 7) is 0. The summed E-state index contributed by atoms with van der Waals surface area (Å²) in [5.74, 6) is -0.569. The van der Waals surface area contributed by atoms with Gasteiger partial charge in [-0.05, 0) is 23.9 Å². The molecule has 0 fully saturated rings. The molecule has 0 saturated carbocycles. The summed E-state index contributed by atoms with van der Waals surface area (Å²) in [5.41, 5.74) is 0.803. The molecule has 0 amide bonds. The molecular formula is C17H9F3N4OS2. The Kier molecular flexibility index (Phi) is 4.66. The Morgan fingerprint density at radius 2 is 1.93 bits per heavy atom. The average Bonchev–Trinajstić information content (AvgIpc) is 3.29. The minimum atomic E-state index is -2.75. The van der Waals surface area contributed by atoms with Crippen molar-refractivity contribution in [2.24, 2.45) is 0 Å². The van der Waals surface area contributed by atoms with Crippen LogP contribution >= 0.6 is 23.1 Å². The molecule has 0 radical (unpaired) electrons. The Morgan fingerprint density at radius 3 is 2.63 bits per heavy atom. The van der Waals surface area contributed by atoms with Crippen LogP contribution in [-0.4, -0.2) is 25.1 Å². The minimum absolute atomic E-state index is 0.0937. The first-order valence-electron chi connectivity index (χ1n) is 7.59.